The van der Waals surface area contributed by atoms with Crippen LogP contribution in [0.25, 0.3) is 5.52 Å². The highest BCUT2D eigenvalue weighted by Gasteiger charge is 2.31. The van der Waals surface area contributed by atoms with E-state index in [2.05, 4.69) is 21.8 Å². The van der Waals surface area contributed by atoms with Crippen LogP contribution >= 0.6 is 0 Å². The summed E-state index contributed by atoms with van der Waals surface area (Å²) in [6.45, 7) is 1.63. The molecule has 2 aliphatic rings. The molecule has 2 N–H and O–H groups in total. The fourth-order valence-corrected chi connectivity index (χ4v) is 4.70. The van der Waals surface area contributed by atoms with Crippen LogP contribution < -0.4 is 10.6 Å². The largest absolute Gasteiger partial charge is 0.378 e. The number of rotatable bonds is 4. The van der Waals surface area contributed by atoms with E-state index in [1.54, 1.807) is 6.20 Å². The highest BCUT2D eigenvalue weighted by Crippen LogP contribution is 2.40. The number of carbonyl (C=O) groups is 1. The zero-order chi connectivity index (χ0) is 21.8. The molecule has 2 saturated heterocycles. The van der Waals surface area contributed by atoms with Crippen molar-refractivity contribution >= 4 is 17.6 Å². The Bertz CT molecular complexity index is 1050. The third-order valence-corrected chi connectivity index (χ3v) is 6.00. The first kappa shape index (κ1) is 21.2. The molecule has 2 unspecified atom stereocenters. The van der Waals surface area contributed by atoms with Crippen LogP contribution in [0.15, 0.2) is 42.7 Å². The van der Waals surface area contributed by atoms with Crippen LogP contribution in [-0.2, 0) is 16.0 Å². The van der Waals surface area contributed by atoms with Gasteiger partial charge in [0.05, 0.1) is 17.7 Å². The molecular weight excluding hydrogens is 402 g/mol. The highest BCUT2D eigenvalue weighted by molar-refractivity contribution is 5.69. The number of hydrogen-bond donors (Lipinski definition) is 1. The van der Waals surface area contributed by atoms with Crippen molar-refractivity contribution < 1.29 is 18.3 Å². The molecule has 2 fully saturated rings. The number of anilines is 1. The molecule has 3 aromatic rings. The van der Waals surface area contributed by atoms with Crippen molar-refractivity contribution in [3.63, 3.8) is 0 Å². The van der Waals surface area contributed by atoms with E-state index in [1.807, 2.05) is 16.8 Å². The Morgan fingerprint density at radius 3 is 2.81 bits per heavy atom. The average molecular weight is 428 g/mol. The number of amides is 1. The lowest BCUT2D eigenvalue weighted by Crippen LogP contribution is -2.26. The summed E-state index contributed by atoms with van der Waals surface area (Å²) in [5.41, 5.74) is 7.91. The van der Waals surface area contributed by atoms with Gasteiger partial charge in [-0.2, -0.15) is 5.10 Å². The van der Waals surface area contributed by atoms with Crippen LogP contribution in [0.3, 0.4) is 0 Å². The third-order valence-electron chi connectivity index (χ3n) is 6.00. The number of ether oxygens (including phenoxy) is 1. The first-order valence-corrected chi connectivity index (χ1v) is 10.6. The van der Waals surface area contributed by atoms with Crippen molar-refractivity contribution in [1.29, 1.82) is 0 Å². The van der Waals surface area contributed by atoms with E-state index in [9.17, 15) is 8.78 Å². The average Bonchev–Trinajstić information content (AvgIpc) is 3.52. The quantitative estimate of drug-likeness (QED) is 0.642. The number of halogens is 2. The Hall–Kier alpha value is -3.00. The van der Waals surface area contributed by atoms with E-state index in [-0.39, 0.29) is 24.4 Å². The Kier molecular flexibility index (Phi) is 6.46. The monoisotopic (exact) mass is 428 g/mol. The number of nitrogens with two attached hydrogens (primary N) is 1. The van der Waals surface area contributed by atoms with E-state index >= 15 is 0 Å². The standard InChI is InChI=1S/C22H23F2N3O.CH3NO/c23-15-5-6-19(24)17(13-15)20-4-1-10-26(20)21-8-11-27-22(7-9-25-27)18(21)14-16-3-2-12-28-16;2-1-3/h5-9,11,13,16,20H,1-4,10,12,14H2;1H,(H2,2,3). The minimum Gasteiger partial charge on any atom is -0.378 e. The van der Waals surface area contributed by atoms with Gasteiger partial charge < -0.3 is 15.4 Å². The summed E-state index contributed by atoms with van der Waals surface area (Å²) in [4.78, 5) is 10.8. The molecule has 1 aromatic carbocycles. The van der Waals surface area contributed by atoms with Gasteiger partial charge in [-0.15, -0.1) is 0 Å². The molecule has 31 heavy (non-hydrogen) atoms. The normalized spacial score (nSPS) is 20.6. The number of fused-ring (bicyclic) bond motifs is 1. The fourth-order valence-electron chi connectivity index (χ4n) is 4.70. The highest BCUT2D eigenvalue weighted by atomic mass is 19.1. The molecule has 8 heteroatoms. The second-order valence-corrected chi connectivity index (χ2v) is 7.83. The predicted molar refractivity (Wildman–Crippen MR) is 114 cm³/mol. The molecule has 164 valence electrons. The Balaban J connectivity index is 0.000000730. The van der Waals surface area contributed by atoms with Crippen LogP contribution in [0.1, 0.15) is 42.9 Å². The van der Waals surface area contributed by atoms with Crippen LogP contribution in [0, 0.1) is 11.6 Å². The molecule has 2 atom stereocenters. The van der Waals surface area contributed by atoms with Crippen molar-refractivity contribution in [1.82, 2.24) is 9.61 Å². The van der Waals surface area contributed by atoms with Crippen LogP contribution in [0.2, 0.25) is 0 Å². The van der Waals surface area contributed by atoms with Gasteiger partial charge in [0.1, 0.15) is 11.6 Å². The van der Waals surface area contributed by atoms with Crippen LogP contribution in [0.5, 0.6) is 0 Å². The minimum absolute atomic E-state index is 0.163. The SMILES string of the molecule is Fc1ccc(F)c(C2CCCN2c2ccn3nccc3c2CC2CCCO2)c1.NC=O. The maximum absolute atomic E-state index is 14.5. The van der Waals surface area contributed by atoms with Crippen LogP contribution in [-0.4, -0.2) is 35.3 Å². The zero-order valence-corrected chi connectivity index (χ0v) is 17.2. The Morgan fingerprint density at radius 2 is 2.03 bits per heavy atom. The summed E-state index contributed by atoms with van der Waals surface area (Å²) >= 11 is 0. The predicted octanol–water partition coefficient (Wildman–Crippen LogP) is 3.78. The topological polar surface area (TPSA) is 72.9 Å². The van der Waals surface area contributed by atoms with Gasteiger partial charge in [0.15, 0.2) is 0 Å². The van der Waals surface area contributed by atoms with Gasteiger partial charge in [-0.25, -0.2) is 13.3 Å². The zero-order valence-electron chi connectivity index (χ0n) is 17.2. The fraction of sp³-hybridized carbons (Fsp3) is 0.391. The summed E-state index contributed by atoms with van der Waals surface area (Å²) in [7, 11) is 0. The maximum atomic E-state index is 14.5. The maximum Gasteiger partial charge on any atom is 0.204 e. The van der Waals surface area contributed by atoms with Gasteiger partial charge in [-0.05, 0) is 56.0 Å². The van der Waals surface area contributed by atoms with Crippen molar-refractivity contribution in [3.8, 4) is 0 Å². The molecule has 0 spiro atoms. The molecule has 0 bridgehead atoms. The molecule has 5 rings (SSSR count). The van der Waals surface area contributed by atoms with Crippen molar-refractivity contribution in [2.24, 2.45) is 5.73 Å². The van der Waals surface area contributed by atoms with E-state index < -0.39 is 5.82 Å². The molecule has 0 aliphatic carbocycles. The van der Waals surface area contributed by atoms with Crippen LogP contribution in [0.4, 0.5) is 14.5 Å². The minimum atomic E-state index is -0.394. The molecule has 1 amide bonds. The van der Waals surface area contributed by atoms with E-state index in [0.717, 1.165) is 56.5 Å². The number of carbonyl (C=O) groups excluding carboxylic acids is 1. The van der Waals surface area contributed by atoms with Crippen molar-refractivity contribution in [2.45, 2.75) is 44.2 Å². The number of primary amides is 1. The molecule has 2 aromatic heterocycles. The first-order valence-electron chi connectivity index (χ1n) is 10.6. The molecule has 2 aliphatic heterocycles. The molecule has 0 saturated carbocycles. The molecule has 4 heterocycles. The second-order valence-electron chi connectivity index (χ2n) is 7.83. The van der Waals surface area contributed by atoms with Crippen molar-refractivity contribution in [3.05, 3.63) is 65.5 Å². The number of hydrogen-bond acceptors (Lipinski definition) is 4. The van der Waals surface area contributed by atoms with Gasteiger partial charge in [0.2, 0.25) is 6.41 Å². The number of benzene rings is 1. The summed E-state index contributed by atoms with van der Waals surface area (Å²) in [6.07, 6.45) is 8.90. The van der Waals surface area contributed by atoms with Gasteiger partial charge in [-0.1, -0.05) is 0 Å². The number of pyridine rings is 1. The van der Waals surface area contributed by atoms with E-state index in [0.29, 0.717) is 5.56 Å². The lowest BCUT2D eigenvalue weighted by Gasteiger charge is -2.30. The Labute approximate surface area is 179 Å². The first-order chi connectivity index (χ1) is 15.1. The van der Waals surface area contributed by atoms with E-state index in [4.69, 9.17) is 9.53 Å². The number of nitrogens with zero attached hydrogens (tertiary/aromatic N) is 3. The van der Waals surface area contributed by atoms with Crippen molar-refractivity contribution in [2.75, 3.05) is 18.1 Å². The Morgan fingerprint density at radius 1 is 1.19 bits per heavy atom. The van der Waals surface area contributed by atoms with Gasteiger partial charge >= 0.3 is 0 Å². The van der Waals surface area contributed by atoms with Gasteiger partial charge in [0.25, 0.3) is 0 Å². The molecular formula is C23H26F2N4O2. The molecule has 6 nitrogen and oxygen atoms in total. The lowest BCUT2D eigenvalue weighted by molar-refractivity contribution is -0.106. The molecule has 0 radical (unpaired) electrons. The summed E-state index contributed by atoms with van der Waals surface area (Å²) in [6, 6.07) is 7.66. The van der Waals surface area contributed by atoms with Gasteiger partial charge in [-0.3, -0.25) is 4.79 Å². The summed E-state index contributed by atoms with van der Waals surface area (Å²) < 4.78 is 36.1. The summed E-state index contributed by atoms with van der Waals surface area (Å²) in [5, 5.41) is 4.37. The van der Waals surface area contributed by atoms with E-state index in [1.165, 1.54) is 23.8 Å². The summed E-state index contributed by atoms with van der Waals surface area (Å²) in [5.74, 6) is -0.738. The lowest BCUT2D eigenvalue weighted by atomic mass is 10.00. The second kappa shape index (κ2) is 9.43. The smallest absolute Gasteiger partial charge is 0.204 e. The number of aromatic nitrogens is 2. The van der Waals surface area contributed by atoms with Gasteiger partial charge in [0, 0.05) is 48.8 Å². The third kappa shape index (κ3) is 4.39.